The Balaban J connectivity index is 0.00000225. The number of amides is 2. The third-order valence-corrected chi connectivity index (χ3v) is 5.24. The Kier molecular flexibility index (Phi) is 6.46. The van der Waals surface area contributed by atoms with Crippen LogP contribution in [0.3, 0.4) is 0 Å². The minimum absolute atomic E-state index is 0. The number of fused-ring (bicyclic) bond motifs is 1. The number of ether oxygens (including phenoxy) is 1. The van der Waals surface area contributed by atoms with Gasteiger partial charge in [0.05, 0.1) is 26.3 Å². The van der Waals surface area contributed by atoms with Crippen molar-refractivity contribution in [1.29, 1.82) is 0 Å². The molecule has 1 aliphatic heterocycles. The smallest absolute Gasteiger partial charge is 0.234 e. The zero-order valence-electron chi connectivity index (χ0n) is 16.0. The van der Waals surface area contributed by atoms with Crippen LogP contribution in [0, 0.1) is 0 Å². The van der Waals surface area contributed by atoms with E-state index in [-0.39, 0.29) is 24.2 Å². The minimum Gasteiger partial charge on any atom is -0.497 e. The van der Waals surface area contributed by atoms with E-state index in [1.54, 1.807) is 13.4 Å². The Labute approximate surface area is 170 Å². The van der Waals surface area contributed by atoms with Gasteiger partial charge in [-0.25, -0.2) is 0 Å². The fourth-order valence-electron chi connectivity index (χ4n) is 3.46. The van der Waals surface area contributed by atoms with Gasteiger partial charge in [0.25, 0.3) is 0 Å². The number of rotatable bonds is 6. The van der Waals surface area contributed by atoms with Crippen molar-refractivity contribution < 1.29 is 18.7 Å². The van der Waals surface area contributed by atoms with Crippen molar-refractivity contribution in [1.82, 2.24) is 15.1 Å². The number of hydrogen-bond acceptors (Lipinski definition) is 5. The van der Waals surface area contributed by atoms with Gasteiger partial charge < -0.3 is 19.4 Å². The average Bonchev–Trinajstić information content (AvgIpc) is 3.40. The molecular formula is C20H26ClN3O4. The van der Waals surface area contributed by atoms with Crippen molar-refractivity contribution in [2.75, 3.05) is 39.8 Å². The number of furan rings is 1. The number of methoxy groups -OCH3 is 1. The van der Waals surface area contributed by atoms with E-state index in [4.69, 9.17) is 9.15 Å². The van der Waals surface area contributed by atoms with Gasteiger partial charge in [-0.15, -0.1) is 12.4 Å². The summed E-state index contributed by atoms with van der Waals surface area (Å²) in [5, 5.41) is 3.95. The van der Waals surface area contributed by atoms with Crippen molar-refractivity contribution in [3.63, 3.8) is 0 Å². The Morgan fingerprint density at radius 1 is 1.21 bits per heavy atom. The molecule has 7 nitrogen and oxygen atoms in total. The first-order valence-electron chi connectivity index (χ1n) is 9.46. The lowest BCUT2D eigenvalue weighted by Crippen LogP contribution is -2.51. The summed E-state index contributed by atoms with van der Waals surface area (Å²) < 4.78 is 10.8. The van der Waals surface area contributed by atoms with Crippen LogP contribution in [0.2, 0.25) is 0 Å². The molecule has 1 saturated carbocycles. The quantitative estimate of drug-likeness (QED) is 0.790. The van der Waals surface area contributed by atoms with Crippen LogP contribution < -0.4 is 10.1 Å². The Hall–Kier alpha value is -2.25. The van der Waals surface area contributed by atoms with Crippen LogP contribution in [0.4, 0.5) is 0 Å². The van der Waals surface area contributed by atoms with Crippen LogP contribution >= 0.6 is 12.4 Å². The van der Waals surface area contributed by atoms with Gasteiger partial charge in [0.1, 0.15) is 11.3 Å². The number of piperazine rings is 1. The third kappa shape index (κ3) is 4.77. The number of hydrogen-bond donors (Lipinski definition) is 1. The highest BCUT2D eigenvalue weighted by Crippen LogP contribution is 2.26. The van der Waals surface area contributed by atoms with E-state index in [0.717, 1.165) is 48.2 Å². The molecule has 2 heterocycles. The number of halogens is 1. The molecule has 28 heavy (non-hydrogen) atoms. The SMILES string of the molecule is COc1ccc2c(CC(=O)N3CCN(CC(=O)NC4CC4)CC3)coc2c1.Cl. The molecule has 2 aliphatic rings. The monoisotopic (exact) mass is 407 g/mol. The first kappa shape index (κ1) is 20.5. The molecule has 0 bridgehead atoms. The molecule has 1 saturated heterocycles. The van der Waals surface area contributed by atoms with Gasteiger partial charge in [-0.1, -0.05) is 0 Å². The summed E-state index contributed by atoms with van der Waals surface area (Å²) in [4.78, 5) is 28.6. The maximum Gasteiger partial charge on any atom is 0.234 e. The average molecular weight is 408 g/mol. The molecule has 1 aromatic heterocycles. The number of benzene rings is 1. The maximum absolute atomic E-state index is 12.7. The second-order valence-electron chi connectivity index (χ2n) is 7.30. The van der Waals surface area contributed by atoms with Crippen molar-refractivity contribution in [3.8, 4) is 5.75 Å². The molecule has 0 spiro atoms. The number of carbonyl (C=O) groups excluding carboxylic acids is 2. The highest BCUT2D eigenvalue weighted by Gasteiger charge is 2.26. The summed E-state index contributed by atoms with van der Waals surface area (Å²) in [6.07, 6.45) is 4.18. The van der Waals surface area contributed by atoms with Crippen LogP contribution in [-0.4, -0.2) is 67.5 Å². The number of nitrogens with zero attached hydrogens (tertiary/aromatic N) is 2. The second kappa shape index (κ2) is 8.84. The third-order valence-electron chi connectivity index (χ3n) is 5.24. The van der Waals surface area contributed by atoms with E-state index in [9.17, 15) is 9.59 Å². The fourth-order valence-corrected chi connectivity index (χ4v) is 3.46. The van der Waals surface area contributed by atoms with E-state index in [0.29, 0.717) is 32.1 Å². The summed E-state index contributed by atoms with van der Waals surface area (Å²) in [7, 11) is 1.61. The van der Waals surface area contributed by atoms with E-state index in [2.05, 4.69) is 10.2 Å². The van der Waals surface area contributed by atoms with Gasteiger partial charge in [-0.2, -0.15) is 0 Å². The van der Waals surface area contributed by atoms with E-state index in [1.807, 2.05) is 23.1 Å². The molecule has 1 aromatic carbocycles. The second-order valence-corrected chi connectivity index (χ2v) is 7.30. The zero-order chi connectivity index (χ0) is 18.8. The highest BCUT2D eigenvalue weighted by atomic mass is 35.5. The predicted molar refractivity (Wildman–Crippen MR) is 108 cm³/mol. The Morgan fingerprint density at radius 2 is 1.96 bits per heavy atom. The lowest BCUT2D eigenvalue weighted by Gasteiger charge is -2.34. The largest absolute Gasteiger partial charge is 0.497 e. The Morgan fingerprint density at radius 3 is 2.64 bits per heavy atom. The lowest BCUT2D eigenvalue weighted by atomic mass is 10.1. The molecule has 2 fully saturated rings. The molecule has 1 aliphatic carbocycles. The van der Waals surface area contributed by atoms with Crippen molar-refractivity contribution >= 4 is 35.2 Å². The van der Waals surface area contributed by atoms with Crippen LogP contribution in [0.25, 0.3) is 11.0 Å². The molecule has 0 unspecified atom stereocenters. The van der Waals surface area contributed by atoms with E-state index < -0.39 is 0 Å². The van der Waals surface area contributed by atoms with Gasteiger partial charge in [-0.3, -0.25) is 14.5 Å². The first-order valence-corrected chi connectivity index (χ1v) is 9.46. The zero-order valence-corrected chi connectivity index (χ0v) is 16.8. The van der Waals surface area contributed by atoms with Gasteiger partial charge in [0.15, 0.2) is 0 Å². The number of carbonyl (C=O) groups is 2. The van der Waals surface area contributed by atoms with Crippen LogP contribution in [0.1, 0.15) is 18.4 Å². The highest BCUT2D eigenvalue weighted by molar-refractivity contribution is 5.88. The molecule has 0 radical (unpaired) electrons. The summed E-state index contributed by atoms with van der Waals surface area (Å²) in [6, 6.07) is 6.02. The van der Waals surface area contributed by atoms with Gasteiger partial charge >= 0.3 is 0 Å². The molecular weight excluding hydrogens is 382 g/mol. The van der Waals surface area contributed by atoms with Crippen molar-refractivity contribution in [2.24, 2.45) is 0 Å². The normalized spacial score (nSPS) is 17.2. The molecule has 1 N–H and O–H groups in total. The van der Waals surface area contributed by atoms with Crippen LogP contribution in [-0.2, 0) is 16.0 Å². The summed E-state index contributed by atoms with van der Waals surface area (Å²) in [6.45, 7) is 3.19. The molecule has 4 rings (SSSR count). The molecule has 152 valence electrons. The van der Waals surface area contributed by atoms with Crippen LogP contribution in [0.15, 0.2) is 28.9 Å². The topological polar surface area (TPSA) is 75.0 Å². The number of nitrogens with one attached hydrogen (secondary N) is 1. The van der Waals surface area contributed by atoms with Crippen LogP contribution in [0.5, 0.6) is 5.75 Å². The van der Waals surface area contributed by atoms with E-state index >= 15 is 0 Å². The maximum atomic E-state index is 12.7. The molecule has 2 amide bonds. The van der Waals surface area contributed by atoms with Gasteiger partial charge in [0.2, 0.25) is 11.8 Å². The Bertz CT molecular complexity index is 841. The molecule has 0 atom stereocenters. The fraction of sp³-hybridized carbons (Fsp3) is 0.500. The molecule has 8 heteroatoms. The lowest BCUT2D eigenvalue weighted by molar-refractivity contribution is -0.132. The van der Waals surface area contributed by atoms with Crippen molar-refractivity contribution in [2.45, 2.75) is 25.3 Å². The summed E-state index contributed by atoms with van der Waals surface area (Å²) in [5.74, 6) is 0.921. The molecule has 2 aromatic rings. The minimum atomic E-state index is 0. The van der Waals surface area contributed by atoms with Gasteiger partial charge in [-0.05, 0) is 25.0 Å². The van der Waals surface area contributed by atoms with Crippen molar-refractivity contribution in [3.05, 3.63) is 30.0 Å². The summed E-state index contributed by atoms with van der Waals surface area (Å²) in [5.41, 5.74) is 1.62. The first-order chi connectivity index (χ1) is 13.1. The van der Waals surface area contributed by atoms with Gasteiger partial charge in [0, 0.05) is 49.2 Å². The summed E-state index contributed by atoms with van der Waals surface area (Å²) >= 11 is 0. The predicted octanol–water partition coefficient (Wildman–Crippen LogP) is 1.83. The standard InChI is InChI=1S/C20H25N3O4.ClH/c1-26-16-4-5-17-14(13-27-18(17)11-16)10-20(25)23-8-6-22(7-9-23)12-19(24)21-15-2-3-15;/h4-5,11,13,15H,2-3,6-10,12H2,1H3,(H,21,24);1H. The van der Waals surface area contributed by atoms with E-state index in [1.165, 1.54) is 0 Å².